The Hall–Kier alpha value is -1.92. The third-order valence-electron chi connectivity index (χ3n) is 2.86. The number of phenolic OH excluding ortho intramolecular Hbond substituents is 1. The van der Waals surface area contributed by atoms with E-state index in [1.807, 2.05) is 24.3 Å². The first-order valence-corrected chi connectivity index (χ1v) is 6.52. The molecule has 0 radical (unpaired) electrons. The number of phenols is 1. The molecule has 0 unspecified atom stereocenters. The summed E-state index contributed by atoms with van der Waals surface area (Å²) in [5.41, 5.74) is 8.31. The number of halogens is 1. The zero-order chi connectivity index (χ0) is 13.4. The lowest BCUT2D eigenvalue weighted by atomic mass is 10.2. The average molecular weight is 319 g/mol. The highest BCUT2D eigenvalue weighted by Gasteiger charge is 2.12. The minimum atomic E-state index is 0.103. The highest BCUT2D eigenvalue weighted by molar-refractivity contribution is 9.10. The first kappa shape index (κ1) is 12.1. The number of nitrogens with two attached hydrogens (primary N) is 1. The predicted octanol–water partition coefficient (Wildman–Crippen LogP) is 2.35. The molecule has 0 aliphatic carbocycles. The molecule has 0 atom stereocenters. The van der Waals surface area contributed by atoms with Crippen LogP contribution in [0.5, 0.6) is 5.75 Å². The average Bonchev–Trinajstić information content (AvgIpc) is 2.84. The molecule has 0 fully saturated rings. The summed E-state index contributed by atoms with van der Waals surface area (Å²) in [5.74, 6) is 0.103. The highest BCUT2D eigenvalue weighted by Crippen LogP contribution is 2.29. The SMILES string of the molecule is NCc1cc(Br)cc(-n2nc3ccccc3n2)c1O. The van der Waals surface area contributed by atoms with E-state index in [4.69, 9.17) is 5.73 Å². The predicted molar refractivity (Wildman–Crippen MR) is 76.1 cm³/mol. The standard InChI is InChI=1S/C13H11BrN4O/c14-9-5-8(7-15)13(19)12(6-9)18-16-10-3-1-2-4-11(10)17-18/h1-6,19H,7,15H2. The largest absolute Gasteiger partial charge is 0.505 e. The van der Waals surface area contributed by atoms with Crippen LogP contribution in [0.25, 0.3) is 16.7 Å². The number of aromatic nitrogens is 3. The minimum Gasteiger partial charge on any atom is -0.505 e. The minimum absolute atomic E-state index is 0.103. The fraction of sp³-hybridized carbons (Fsp3) is 0.0769. The van der Waals surface area contributed by atoms with Gasteiger partial charge in [0, 0.05) is 16.6 Å². The van der Waals surface area contributed by atoms with E-state index >= 15 is 0 Å². The third-order valence-corrected chi connectivity index (χ3v) is 3.31. The van der Waals surface area contributed by atoms with Gasteiger partial charge in [-0.3, -0.25) is 0 Å². The molecule has 0 spiro atoms. The molecule has 96 valence electrons. The first-order valence-electron chi connectivity index (χ1n) is 5.73. The van der Waals surface area contributed by atoms with Crippen LogP contribution in [0.2, 0.25) is 0 Å². The summed E-state index contributed by atoms with van der Waals surface area (Å²) in [5, 5.41) is 18.9. The van der Waals surface area contributed by atoms with E-state index in [0.717, 1.165) is 15.5 Å². The third kappa shape index (κ3) is 2.09. The van der Waals surface area contributed by atoms with Gasteiger partial charge in [-0.2, -0.15) is 0 Å². The molecule has 0 amide bonds. The molecule has 1 aromatic heterocycles. The molecule has 3 aromatic rings. The lowest BCUT2D eigenvalue weighted by Crippen LogP contribution is -2.03. The second-order valence-corrected chi connectivity index (χ2v) is 5.03. The van der Waals surface area contributed by atoms with Crippen LogP contribution >= 0.6 is 15.9 Å². The van der Waals surface area contributed by atoms with Crippen LogP contribution in [0.4, 0.5) is 0 Å². The fourth-order valence-electron chi connectivity index (χ4n) is 1.92. The maximum Gasteiger partial charge on any atom is 0.147 e. The van der Waals surface area contributed by atoms with Crippen molar-refractivity contribution in [1.82, 2.24) is 15.0 Å². The number of hydrogen-bond donors (Lipinski definition) is 2. The molecule has 3 rings (SSSR count). The highest BCUT2D eigenvalue weighted by atomic mass is 79.9. The van der Waals surface area contributed by atoms with Crippen molar-refractivity contribution in [2.45, 2.75) is 6.54 Å². The van der Waals surface area contributed by atoms with Crippen molar-refractivity contribution in [1.29, 1.82) is 0 Å². The van der Waals surface area contributed by atoms with E-state index in [-0.39, 0.29) is 12.3 Å². The van der Waals surface area contributed by atoms with Crippen LogP contribution in [0.3, 0.4) is 0 Å². The second kappa shape index (κ2) is 4.64. The Bertz CT molecular complexity index is 720. The number of rotatable bonds is 2. The quantitative estimate of drug-likeness (QED) is 0.760. The molecule has 5 nitrogen and oxygen atoms in total. The summed E-state index contributed by atoms with van der Waals surface area (Å²) in [6, 6.07) is 11.1. The van der Waals surface area contributed by atoms with Crippen molar-refractivity contribution in [3.05, 3.63) is 46.4 Å². The van der Waals surface area contributed by atoms with Gasteiger partial charge in [0.15, 0.2) is 0 Å². The van der Waals surface area contributed by atoms with Crippen LogP contribution in [0.15, 0.2) is 40.9 Å². The summed E-state index contributed by atoms with van der Waals surface area (Å²) in [6.07, 6.45) is 0. The maximum absolute atomic E-state index is 10.2. The summed E-state index contributed by atoms with van der Waals surface area (Å²) < 4.78 is 0.821. The number of benzene rings is 2. The Morgan fingerprint density at radius 3 is 2.37 bits per heavy atom. The van der Waals surface area contributed by atoms with Crippen LogP contribution in [0, 0.1) is 0 Å². The van der Waals surface area contributed by atoms with Crippen LogP contribution < -0.4 is 5.73 Å². The van der Waals surface area contributed by atoms with E-state index in [2.05, 4.69) is 26.1 Å². The molecule has 19 heavy (non-hydrogen) atoms. The lowest BCUT2D eigenvalue weighted by molar-refractivity contribution is 0.461. The number of fused-ring (bicyclic) bond motifs is 1. The topological polar surface area (TPSA) is 77.0 Å². The second-order valence-electron chi connectivity index (χ2n) is 4.11. The van der Waals surface area contributed by atoms with E-state index < -0.39 is 0 Å². The monoisotopic (exact) mass is 318 g/mol. The molecule has 0 saturated heterocycles. The number of nitrogens with zero attached hydrogens (tertiary/aromatic N) is 3. The molecule has 0 bridgehead atoms. The van der Waals surface area contributed by atoms with Gasteiger partial charge in [-0.25, -0.2) is 0 Å². The van der Waals surface area contributed by atoms with E-state index in [0.29, 0.717) is 11.3 Å². The Morgan fingerprint density at radius 2 is 1.79 bits per heavy atom. The van der Waals surface area contributed by atoms with Gasteiger partial charge in [0.05, 0.1) is 0 Å². The van der Waals surface area contributed by atoms with E-state index in [1.54, 1.807) is 12.1 Å². The van der Waals surface area contributed by atoms with Gasteiger partial charge in [0.1, 0.15) is 22.5 Å². The van der Waals surface area contributed by atoms with Crippen molar-refractivity contribution >= 4 is 27.0 Å². The Labute approximate surface area is 117 Å². The smallest absolute Gasteiger partial charge is 0.147 e. The van der Waals surface area contributed by atoms with Crippen molar-refractivity contribution in [3.8, 4) is 11.4 Å². The molecule has 0 aliphatic heterocycles. The van der Waals surface area contributed by atoms with Gasteiger partial charge in [-0.05, 0) is 24.3 Å². The van der Waals surface area contributed by atoms with Gasteiger partial charge >= 0.3 is 0 Å². The Balaban J connectivity index is 2.23. The van der Waals surface area contributed by atoms with Gasteiger partial charge in [0.2, 0.25) is 0 Å². The molecule has 1 heterocycles. The van der Waals surface area contributed by atoms with Crippen molar-refractivity contribution < 1.29 is 5.11 Å². The molecule has 6 heteroatoms. The Kier molecular flexibility index (Phi) is 2.96. The lowest BCUT2D eigenvalue weighted by Gasteiger charge is -2.08. The fourth-order valence-corrected chi connectivity index (χ4v) is 2.41. The van der Waals surface area contributed by atoms with Crippen molar-refractivity contribution in [3.63, 3.8) is 0 Å². The van der Waals surface area contributed by atoms with Gasteiger partial charge in [-0.15, -0.1) is 15.0 Å². The van der Waals surface area contributed by atoms with Crippen LogP contribution in [-0.4, -0.2) is 20.1 Å². The zero-order valence-corrected chi connectivity index (χ0v) is 11.5. The normalized spacial score (nSPS) is 11.1. The summed E-state index contributed by atoms with van der Waals surface area (Å²) in [6.45, 7) is 0.249. The van der Waals surface area contributed by atoms with Gasteiger partial charge < -0.3 is 10.8 Å². The summed E-state index contributed by atoms with van der Waals surface area (Å²) >= 11 is 3.39. The van der Waals surface area contributed by atoms with Crippen molar-refractivity contribution in [2.75, 3.05) is 0 Å². The molecule has 3 N–H and O–H groups in total. The van der Waals surface area contributed by atoms with Crippen molar-refractivity contribution in [2.24, 2.45) is 5.73 Å². The van der Waals surface area contributed by atoms with Gasteiger partial charge in [0.25, 0.3) is 0 Å². The molecular formula is C13H11BrN4O. The summed E-state index contributed by atoms with van der Waals surface area (Å²) in [7, 11) is 0. The number of aromatic hydroxyl groups is 1. The van der Waals surface area contributed by atoms with Crippen LogP contribution in [0.1, 0.15) is 5.56 Å². The van der Waals surface area contributed by atoms with Crippen LogP contribution in [-0.2, 0) is 6.54 Å². The zero-order valence-electron chi connectivity index (χ0n) is 9.92. The molecule has 0 saturated carbocycles. The first-order chi connectivity index (χ1) is 9.19. The molecule has 0 aliphatic rings. The Morgan fingerprint density at radius 1 is 1.16 bits per heavy atom. The summed E-state index contributed by atoms with van der Waals surface area (Å²) in [4.78, 5) is 1.42. The number of hydrogen-bond acceptors (Lipinski definition) is 4. The van der Waals surface area contributed by atoms with E-state index in [9.17, 15) is 5.11 Å². The van der Waals surface area contributed by atoms with E-state index in [1.165, 1.54) is 4.80 Å². The maximum atomic E-state index is 10.2. The van der Waals surface area contributed by atoms with Gasteiger partial charge in [-0.1, -0.05) is 28.1 Å². The molecular weight excluding hydrogens is 308 g/mol. The molecule has 2 aromatic carbocycles.